The van der Waals surface area contributed by atoms with Gasteiger partial charge in [0.15, 0.2) is 12.0 Å². The molecule has 2 unspecified atom stereocenters. The maximum Gasteiger partial charge on any atom is 0.214 e. The number of hydrogen-bond acceptors (Lipinski definition) is 5. The molecule has 0 saturated heterocycles. The summed E-state index contributed by atoms with van der Waals surface area (Å²) in [6, 6.07) is 58.7. The molecule has 60 heavy (non-hydrogen) atoms. The van der Waals surface area contributed by atoms with Gasteiger partial charge < -0.3 is 9.47 Å². The number of amidine groups is 1. The Morgan fingerprint density at radius 2 is 1.33 bits per heavy atom. The molecule has 10 aromatic rings. The van der Waals surface area contributed by atoms with Crippen molar-refractivity contribution >= 4 is 77.0 Å². The zero-order valence-electron chi connectivity index (χ0n) is 32.9. The summed E-state index contributed by atoms with van der Waals surface area (Å²) in [5.41, 5.74) is 11.2. The van der Waals surface area contributed by atoms with Crippen molar-refractivity contribution in [2.24, 2.45) is 9.98 Å². The Labute approximate surface area is 351 Å². The molecule has 0 amide bonds. The van der Waals surface area contributed by atoms with Gasteiger partial charge in [-0.05, 0) is 47.9 Å². The first-order valence-electron chi connectivity index (χ1n) is 20.5. The van der Waals surface area contributed by atoms with Crippen molar-refractivity contribution in [3.8, 4) is 21.7 Å². The lowest BCUT2D eigenvalue weighted by molar-refractivity contribution is 0.372. The van der Waals surface area contributed by atoms with Crippen molar-refractivity contribution in [2.75, 3.05) is 7.05 Å². The van der Waals surface area contributed by atoms with Crippen LogP contribution >= 0.6 is 11.3 Å². The molecular formula is C53H38N6S. The van der Waals surface area contributed by atoms with Crippen LogP contribution in [0.15, 0.2) is 198 Å². The Hall–Kier alpha value is -7.35. The van der Waals surface area contributed by atoms with E-state index in [-0.39, 0.29) is 12.2 Å². The van der Waals surface area contributed by atoms with Crippen molar-refractivity contribution in [1.82, 2.24) is 19.0 Å². The third-order valence-corrected chi connectivity index (χ3v) is 13.2. The Kier molecular flexibility index (Phi) is 8.03. The summed E-state index contributed by atoms with van der Waals surface area (Å²) >= 11 is 1.76. The number of benzene rings is 7. The van der Waals surface area contributed by atoms with Gasteiger partial charge in [-0.2, -0.15) is 4.99 Å². The van der Waals surface area contributed by atoms with E-state index in [1.54, 1.807) is 11.3 Å². The van der Waals surface area contributed by atoms with Crippen LogP contribution in [0, 0.1) is 0 Å². The first-order valence-corrected chi connectivity index (χ1v) is 21.3. The number of aliphatic imine (C=N–C) groups is 2. The van der Waals surface area contributed by atoms with Crippen LogP contribution in [0.3, 0.4) is 0 Å². The minimum Gasteiger partial charge on any atom is -0.333 e. The standard InChI is InChI=1S/C53H38N6S/c1-57-51(35-19-8-3-9-20-35)55-50(34-17-6-2-7-18-34)56-53(57)59-45-28-15-14-25-40(45)41-27-16-26-39(49(41)59)37-29-30-46-42(31-37)43-32-48-44(54-52(60-48)36-21-10-4-11-22-36)33-47(43)58(46)38-23-12-5-13-24-38/h2-23,25-33,38,51H,24H2,1H3. The van der Waals surface area contributed by atoms with Gasteiger partial charge in [0.2, 0.25) is 5.96 Å². The molecule has 0 radical (unpaired) electrons. The summed E-state index contributed by atoms with van der Waals surface area (Å²) < 4.78 is 6.08. The van der Waals surface area contributed by atoms with E-state index >= 15 is 0 Å². The molecule has 2 atom stereocenters. The molecule has 7 heteroatoms. The summed E-state index contributed by atoms with van der Waals surface area (Å²) in [6.45, 7) is 0. The fourth-order valence-corrected chi connectivity index (χ4v) is 10.3. The average Bonchev–Trinajstić information content (AvgIpc) is 3.99. The second-order valence-electron chi connectivity index (χ2n) is 15.6. The van der Waals surface area contributed by atoms with Crippen molar-refractivity contribution in [3.63, 3.8) is 0 Å². The molecule has 1 aliphatic carbocycles. The summed E-state index contributed by atoms with van der Waals surface area (Å²) in [6.07, 6.45) is 9.59. The SMILES string of the molecule is CN1C(n2c3ccccc3c3cccc(-c4ccc5c(c4)c4cc6sc(-c7ccccc7)nc6cc4n5C4C=CC=CC4)c32)=NC(c2ccccc2)=NC1c1ccccc1. The van der Waals surface area contributed by atoms with E-state index in [2.05, 4.69) is 203 Å². The molecular weight excluding hydrogens is 753 g/mol. The summed E-state index contributed by atoms with van der Waals surface area (Å²) in [5.74, 6) is 1.54. The number of rotatable bonds is 5. The highest BCUT2D eigenvalue weighted by Gasteiger charge is 2.30. The summed E-state index contributed by atoms with van der Waals surface area (Å²) in [5, 5.41) is 5.88. The normalized spacial score (nSPS) is 16.7. The maximum absolute atomic E-state index is 5.42. The van der Waals surface area contributed by atoms with Crippen molar-refractivity contribution in [3.05, 3.63) is 199 Å². The summed E-state index contributed by atoms with van der Waals surface area (Å²) in [4.78, 5) is 18.1. The highest BCUT2D eigenvalue weighted by molar-refractivity contribution is 7.21. The molecule has 1 aliphatic heterocycles. The molecule has 0 N–H and O–H groups in total. The van der Waals surface area contributed by atoms with Gasteiger partial charge in [-0.25, -0.2) is 9.98 Å². The topological polar surface area (TPSA) is 50.7 Å². The van der Waals surface area contributed by atoms with Crippen LogP contribution in [-0.4, -0.2) is 37.9 Å². The van der Waals surface area contributed by atoms with Gasteiger partial charge in [0, 0.05) is 50.8 Å². The van der Waals surface area contributed by atoms with E-state index < -0.39 is 0 Å². The lowest BCUT2D eigenvalue weighted by Gasteiger charge is -2.33. The van der Waals surface area contributed by atoms with Crippen LogP contribution in [0.4, 0.5) is 0 Å². The molecule has 0 saturated carbocycles. The quantitative estimate of drug-likeness (QED) is 0.174. The smallest absolute Gasteiger partial charge is 0.214 e. The number of para-hydroxylation sites is 2. The second kappa shape index (κ2) is 13.9. The van der Waals surface area contributed by atoms with Gasteiger partial charge in [0.25, 0.3) is 0 Å². The lowest BCUT2D eigenvalue weighted by atomic mass is 9.99. The molecule has 6 nitrogen and oxygen atoms in total. The van der Waals surface area contributed by atoms with E-state index in [1.807, 2.05) is 6.07 Å². The number of allylic oxidation sites excluding steroid dienone is 4. The maximum atomic E-state index is 5.42. The van der Waals surface area contributed by atoms with E-state index in [4.69, 9.17) is 15.0 Å². The molecule has 2 aliphatic rings. The zero-order chi connectivity index (χ0) is 39.7. The molecule has 7 aromatic carbocycles. The number of fused-ring (bicyclic) bond motifs is 7. The predicted octanol–water partition coefficient (Wildman–Crippen LogP) is 13.2. The number of thiazole rings is 1. The van der Waals surface area contributed by atoms with E-state index in [9.17, 15) is 0 Å². The van der Waals surface area contributed by atoms with Gasteiger partial charge in [-0.15, -0.1) is 11.3 Å². The second-order valence-corrected chi connectivity index (χ2v) is 16.7. The zero-order valence-corrected chi connectivity index (χ0v) is 33.7. The predicted molar refractivity (Wildman–Crippen MR) is 251 cm³/mol. The number of aromatic nitrogens is 3. The highest BCUT2D eigenvalue weighted by atomic mass is 32.1. The Morgan fingerprint density at radius 1 is 0.600 bits per heavy atom. The molecule has 0 spiro atoms. The highest BCUT2D eigenvalue weighted by Crippen LogP contribution is 2.43. The van der Waals surface area contributed by atoms with Gasteiger partial charge in [-0.1, -0.05) is 158 Å². The number of nitrogens with zero attached hydrogens (tertiary/aromatic N) is 6. The van der Waals surface area contributed by atoms with E-state index in [0.717, 1.165) is 61.8 Å². The van der Waals surface area contributed by atoms with Gasteiger partial charge in [0.05, 0.1) is 32.8 Å². The first-order chi connectivity index (χ1) is 29.7. The van der Waals surface area contributed by atoms with Crippen LogP contribution in [0.2, 0.25) is 0 Å². The summed E-state index contributed by atoms with van der Waals surface area (Å²) in [7, 11) is 2.12. The Balaban J connectivity index is 1.10. The minimum absolute atomic E-state index is 0.203. The average molecular weight is 791 g/mol. The van der Waals surface area contributed by atoms with Crippen molar-refractivity contribution < 1.29 is 0 Å². The Morgan fingerprint density at radius 3 is 2.13 bits per heavy atom. The van der Waals surface area contributed by atoms with E-state index in [0.29, 0.717) is 5.84 Å². The molecule has 0 bridgehead atoms. The minimum atomic E-state index is -0.269. The third kappa shape index (κ3) is 5.50. The number of hydrogen-bond donors (Lipinski definition) is 0. The fraction of sp³-hybridized carbons (Fsp3) is 0.0755. The monoisotopic (exact) mass is 790 g/mol. The van der Waals surface area contributed by atoms with Crippen LogP contribution < -0.4 is 0 Å². The Bertz CT molecular complexity index is 3420. The van der Waals surface area contributed by atoms with Crippen molar-refractivity contribution in [1.29, 1.82) is 0 Å². The third-order valence-electron chi connectivity index (χ3n) is 12.1. The van der Waals surface area contributed by atoms with Gasteiger partial charge >= 0.3 is 0 Å². The van der Waals surface area contributed by atoms with Crippen LogP contribution in [0.25, 0.3) is 75.5 Å². The molecule has 0 fully saturated rings. The van der Waals surface area contributed by atoms with Gasteiger partial charge in [-0.3, -0.25) is 4.57 Å². The van der Waals surface area contributed by atoms with Crippen molar-refractivity contribution in [2.45, 2.75) is 18.6 Å². The fourth-order valence-electron chi connectivity index (χ4n) is 9.29. The molecule has 4 heterocycles. The van der Waals surface area contributed by atoms with Gasteiger partial charge in [0.1, 0.15) is 5.01 Å². The van der Waals surface area contributed by atoms with Crippen LogP contribution in [0.5, 0.6) is 0 Å². The molecule has 286 valence electrons. The van der Waals surface area contributed by atoms with Crippen LogP contribution in [0.1, 0.15) is 29.8 Å². The molecule has 3 aromatic heterocycles. The van der Waals surface area contributed by atoms with E-state index in [1.165, 1.54) is 37.3 Å². The lowest BCUT2D eigenvalue weighted by Crippen LogP contribution is -2.39. The molecule has 12 rings (SSSR count). The largest absolute Gasteiger partial charge is 0.333 e. The first kappa shape index (κ1) is 34.7. The van der Waals surface area contributed by atoms with Crippen LogP contribution in [-0.2, 0) is 0 Å².